The molecule has 0 aromatic heterocycles. The molecule has 1 unspecified atom stereocenters. The standard InChI is InChI=1S/C15H17FN2O4/c1-9(10-4-6-11(16)7-5-10)22-12(19)8-18-13(20)15(2,3)17-14(18)21/h4-7,9H,8H2,1-3H3,(H,17,21). The molecule has 1 aliphatic rings. The minimum absolute atomic E-state index is 0.385. The second kappa shape index (κ2) is 5.75. The lowest BCUT2D eigenvalue weighted by Gasteiger charge is -2.17. The van der Waals surface area contributed by atoms with Crippen LogP contribution in [0.15, 0.2) is 24.3 Å². The average Bonchev–Trinajstić information content (AvgIpc) is 2.61. The zero-order chi connectivity index (χ0) is 16.5. The monoisotopic (exact) mass is 308 g/mol. The number of carbonyl (C=O) groups excluding carboxylic acids is 3. The molecule has 1 saturated heterocycles. The van der Waals surface area contributed by atoms with E-state index < -0.39 is 36.1 Å². The Kier molecular flexibility index (Phi) is 4.16. The van der Waals surface area contributed by atoms with Crippen molar-refractivity contribution in [2.24, 2.45) is 0 Å². The number of carbonyl (C=O) groups is 3. The Labute approximate surface area is 127 Å². The molecule has 1 aliphatic heterocycles. The fourth-order valence-corrected chi connectivity index (χ4v) is 2.13. The van der Waals surface area contributed by atoms with Crippen molar-refractivity contribution in [3.8, 4) is 0 Å². The second-order valence-corrected chi connectivity index (χ2v) is 5.63. The summed E-state index contributed by atoms with van der Waals surface area (Å²) in [7, 11) is 0. The van der Waals surface area contributed by atoms with Crippen molar-refractivity contribution in [2.75, 3.05) is 6.54 Å². The van der Waals surface area contributed by atoms with Crippen LogP contribution in [-0.2, 0) is 14.3 Å². The largest absolute Gasteiger partial charge is 0.456 e. The number of nitrogens with zero attached hydrogens (tertiary/aromatic N) is 1. The van der Waals surface area contributed by atoms with Crippen LogP contribution in [0.3, 0.4) is 0 Å². The van der Waals surface area contributed by atoms with E-state index >= 15 is 0 Å². The first kappa shape index (κ1) is 15.9. The number of halogens is 1. The molecule has 7 heteroatoms. The van der Waals surface area contributed by atoms with Crippen molar-refractivity contribution >= 4 is 17.9 Å². The Balaban J connectivity index is 1.97. The van der Waals surface area contributed by atoms with Gasteiger partial charge in [-0.05, 0) is 38.5 Å². The highest BCUT2D eigenvalue weighted by molar-refractivity contribution is 6.08. The Bertz CT molecular complexity index is 612. The summed E-state index contributed by atoms with van der Waals surface area (Å²) in [5, 5.41) is 2.48. The van der Waals surface area contributed by atoms with Gasteiger partial charge in [0.15, 0.2) is 0 Å². The summed E-state index contributed by atoms with van der Waals surface area (Å²) in [5.74, 6) is -1.58. The van der Waals surface area contributed by atoms with Crippen LogP contribution in [0, 0.1) is 5.82 Å². The van der Waals surface area contributed by atoms with Crippen LogP contribution in [-0.4, -0.2) is 34.9 Å². The normalized spacial score (nSPS) is 18.1. The van der Waals surface area contributed by atoms with Crippen LogP contribution in [0.2, 0.25) is 0 Å². The summed E-state index contributed by atoms with van der Waals surface area (Å²) < 4.78 is 18.0. The summed E-state index contributed by atoms with van der Waals surface area (Å²) in [6.07, 6.45) is -0.609. The summed E-state index contributed by atoms with van der Waals surface area (Å²) >= 11 is 0. The molecule has 1 aromatic rings. The first-order valence-electron chi connectivity index (χ1n) is 6.80. The maximum absolute atomic E-state index is 12.8. The predicted molar refractivity (Wildman–Crippen MR) is 75.2 cm³/mol. The number of nitrogens with one attached hydrogen (secondary N) is 1. The van der Waals surface area contributed by atoms with Gasteiger partial charge < -0.3 is 10.1 Å². The van der Waals surface area contributed by atoms with Crippen LogP contribution in [0.1, 0.15) is 32.4 Å². The van der Waals surface area contributed by atoms with Crippen LogP contribution in [0.25, 0.3) is 0 Å². The van der Waals surface area contributed by atoms with Gasteiger partial charge in [0, 0.05) is 0 Å². The number of amides is 3. The van der Waals surface area contributed by atoms with Crippen molar-refractivity contribution in [3.05, 3.63) is 35.6 Å². The summed E-state index contributed by atoms with van der Waals surface area (Å²) in [5.41, 5.74) is -0.410. The summed E-state index contributed by atoms with van der Waals surface area (Å²) in [4.78, 5) is 36.3. The molecule has 22 heavy (non-hydrogen) atoms. The number of hydrogen-bond acceptors (Lipinski definition) is 4. The van der Waals surface area contributed by atoms with E-state index in [9.17, 15) is 18.8 Å². The lowest BCUT2D eigenvalue weighted by molar-refractivity contribution is -0.151. The molecule has 1 N–H and O–H groups in total. The van der Waals surface area contributed by atoms with Crippen LogP contribution in [0.5, 0.6) is 0 Å². The second-order valence-electron chi connectivity index (χ2n) is 5.63. The van der Waals surface area contributed by atoms with Gasteiger partial charge in [-0.1, -0.05) is 12.1 Å². The van der Waals surface area contributed by atoms with Crippen LogP contribution < -0.4 is 5.32 Å². The van der Waals surface area contributed by atoms with Gasteiger partial charge in [-0.2, -0.15) is 0 Å². The average molecular weight is 308 g/mol. The zero-order valence-electron chi connectivity index (χ0n) is 12.6. The van der Waals surface area contributed by atoms with E-state index in [4.69, 9.17) is 4.74 Å². The molecule has 1 fully saturated rings. The molecule has 0 spiro atoms. The van der Waals surface area contributed by atoms with Crippen molar-refractivity contribution in [1.82, 2.24) is 10.2 Å². The zero-order valence-corrected chi connectivity index (χ0v) is 12.6. The number of hydrogen-bond donors (Lipinski definition) is 1. The highest BCUT2D eigenvalue weighted by Crippen LogP contribution is 2.19. The molecule has 1 heterocycles. The van der Waals surface area contributed by atoms with E-state index in [-0.39, 0.29) is 5.82 Å². The number of urea groups is 1. The molecular formula is C15H17FN2O4. The maximum atomic E-state index is 12.8. The van der Waals surface area contributed by atoms with Crippen molar-refractivity contribution in [1.29, 1.82) is 0 Å². The minimum Gasteiger partial charge on any atom is -0.456 e. The van der Waals surface area contributed by atoms with Gasteiger partial charge in [0.05, 0.1) is 0 Å². The predicted octanol–water partition coefficient (Wildman–Crippen LogP) is 1.76. The summed E-state index contributed by atoms with van der Waals surface area (Å²) in [6.45, 7) is 4.28. The molecular weight excluding hydrogens is 291 g/mol. The third-order valence-electron chi connectivity index (χ3n) is 3.38. The van der Waals surface area contributed by atoms with E-state index in [1.807, 2.05) is 0 Å². The molecule has 118 valence electrons. The van der Waals surface area contributed by atoms with Gasteiger partial charge in [-0.25, -0.2) is 9.18 Å². The number of imide groups is 1. The number of rotatable bonds is 4. The number of ether oxygens (including phenoxy) is 1. The minimum atomic E-state index is -1.03. The van der Waals surface area contributed by atoms with E-state index in [1.165, 1.54) is 24.3 Å². The number of benzene rings is 1. The van der Waals surface area contributed by atoms with E-state index in [0.717, 1.165) is 4.90 Å². The lowest BCUT2D eigenvalue weighted by atomic mass is 10.1. The molecule has 3 amide bonds. The SMILES string of the molecule is CC(OC(=O)CN1C(=O)NC(C)(C)C1=O)c1ccc(F)cc1. The molecule has 0 saturated carbocycles. The van der Waals surface area contributed by atoms with Crippen molar-refractivity contribution < 1.29 is 23.5 Å². The van der Waals surface area contributed by atoms with Crippen LogP contribution >= 0.6 is 0 Å². The third-order valence-corrected chi connectivity index (χ3v) is 3.38. The quantitative estimate of drug-likeness (QED) is 0.679. The van der Waals surface area contributed by atoms with E-state index in [2.05, 4.69) is 5.32 Å². The van der Waals surface area contributed by atoms with Gasteiger partial charge in [0.25, 0.3) is 5.91 Å². The van der Waals surface area contributed by atoms with Gasteiger partial charge in [-0.3, -0.25) is 14.5 Å². The van der Waals surface area contributed by atoms with Gasteiger partial charge in [0.2, 0.25) is 0 Å². The molecule has 0 bridgehead atoms. The molecule has 1 atom stereocenters. The first-order chi connectivity index (χ1) is 10.2. The van der Waals surface area contributed by atoms with E-state index in [1.54, 1.807) is 20.8 Å². The molecule has 0 radical (unpaired) electrons. The number of esters is 1. The highest BCUT2D eigenvalue weighted by atomic mass is 19.1. The van der Waals surface area contributed by atoms with Gasteiger partial charge in [0.1, 0.15) is 24.0 Å². The topological polar surface area (TPSA) is 75.7 Å². The lowest BCUT2D eigenvalue weighted by Crippen LogP contribution is -2.41. The third kappa shape index (κ3) is 3.24. The Morgan fingerprint density at radius 3 is 2.41 bits per heavy atom. The van der Waals surface area contributed by atoms with Crippen molar-refractivity contribution in [3.63, 3.8) is 0 Å². The fraction of sp³-hybridized carbons (Fsp3) is 0.400. The Morgan fingerprint density at radius 2 is 1.91 bits per heavy atom. The van der Waals surface area contributed by atoms with Crippen LogP contribution in [0.4, 0.5) is 9.18 Å². The Hall–Kier alpha value is -2.44. The smallest absolute Gasteiger partial charge is 0.326 e. The molecule has 1 aromatic carbocycles. The maximum Gasteiger partial charge on any atom is 0.326 e. The van der Waals surface area contributed by atoms with Gasteiger partial charge in [-0.15, -0.1) is 0 Å². The Morgan fingerprint density at radius 1 is 1.32 bits per heavy atom. The fourth-order valence-electron chi connectivity index (χ4n) is 2.13. The van der Waals surface area contributed by atoms with Crippen molar-refractivity contribution in [2.45, 2.75) is 32.4 Å². The molecule has 6 nitrogen and oxygen atoms in total. The molecule has 0 aliphatic carbocycles. The van der Waals surface area contributed by atoms with E-state index in [0.29, 0.717) is 5.56 Å². The first-order valence-corrected chi connectivity index (χ1v) is 6.80. The highest BCUT2D eigenvalue weighted by Gasteiger charge is 2.45. The van der Waals surface area contributed by atoms with Gasteiger partial charge >= 0.3 is 12.0 Å². The summed E-state index contributed by atoms with van der Waals surface area (Å²) in [6, 6.07) is 4.91. The molecule has 2 rings (SSSR count).